The molecule has 110 valence electrons. The third-order valence-electron chi connectivity index (χ3n) is 3.58. The zero-order chi connectivity index (χ0) is 14.7. The van der Waals surface area contributed by atoms with E-state index in [0.717, 1.165) is 18.7 Å². The lowest BCUT2D eigenvalue weighted by molar-refractivity contribution is -0.385. The Hall–Kier alpha value is -1.50. The maximum atomic E-state index is 10.9. The Balaban J connectivity index is 2.23. The predicted molar refractivity (Wildman–Crippen MR) is 76.5 cm³/mol. The van der Waals surface area contributed by atoms with Crippen molar-refractivity contribution in [2.75, 3.05) is 19.6 Å². The fourth-order valence-corrected chi connectivity index (χ4v) is 2.81. The van der Waals surface area contributed by atoms with E-state index in [-0.39, 0.29) is 28.9 Å². The highest BCUT2D eigenvalue weighted by Crippen LogP contribution is 2.26. The van der Waals surface area contributed by atoms with Crippen LogP contribution in [0.15, 0.2) is 24.3 Å². The van der Waals surface area contributed by atoms with Crippen molar-refractivity contribution in [1.29, 1.82) is 0 Å². The summed E-state index contributed by atoms with van der Waals surface area (Å²) in [4.78, 5) is 12.8. The smallest absolute Gasteiger partial charge is 0.269 e. The number of nitrogens with two attached hydrogens (primary N) is 1. The quantitative estimate of drug-likeness (QED) is 0.670. The Kier molecular flexibility index (Phi) is 4.69. The van der Waals surface area contributed by atoms with E-state index < -0.39 is 0 Å². The fraction of sp³-hybridized carbons (Fsp3) is 0.571. The van der Waals surface area contributed by atoms with Crippen LogP contribution in [-0.2, 0) is 4.74 Å². The molecule has 2 rings (SSSR count). The van der Waals surface area contributed by atoms with Crippen molar-refractivity contribution in [3.63, 3.8) is 0 Å². The van der Waals surface area contributed by atoms with Crippen LogP contribution in [0.3, 0.4) is 0 Å². The molecule has 0 amide bonds. The molecule has 1 heterocycles. The Morgan fingerprint density at radius 3 is 2.65 bits per heavy atom. The first-order valence-corrected chi connectivity index (χ1v) is 6.85. The number of ether oxygens (including phenoxy) is 1. The van der Waals surface area contributed by atoms with Gasteiger partial charge in [0, 0.05) is 37.8 Å². The van der Waals surface area contributed by atoms with Crippen LogP contribution in [-0.4, -0.2) is 41.7 Å². The summed E-state index contributed by atoms with van der Waals surface area (Å²) in [5, 5.41) is 10.9. The highest BCUT2D eigenvalue weighted by molar-refractivity contribution is 5.36. The number of benzene rings is 1. The van der Waals surface area contributed by atoms with Crippen LogP contribution in [0.25, 0.3) is 0 Å². The molecule has 0 spiro atoms. The van der Waals surface area contributed by atoms with Crippen LogP contribution in [0.1, 0.15) is 25.5 Å². The molecule has 0 aromatic heterocycles. The SMILES string of the molecule is CC1CN(C(CN)c2cccc([N+](=O)[O-])c2)CC(C)O1. The second-order valence-corrected chi connectivity index (χ2v) is 5.31. The standard InChI is InChI=1S/C14H21N3O3/c1-10-8-16(9-11(2)20-10)14(7-15)12-4-3-5-13(6-12)17(18)19/h3-6,10-11,14H,7-9,15H2,1-2H3. The van der Waals surface area contributed by atoms with Gasteiger partial charge < -0.3 is 10.5 Å². The van der Waals surface area contributed by atoms with Crippen molar-refractivity contribution in [2.45, 2.75) is 32.1 Å². The van der Waals surface area contributed by atoms with Crippen LogP contribution in [0.2, 0.25) is 0 Å². The molecule has 1 aliphatic rings. The Morgan fingerprint density at radius 2 is 2.10 bits per heavy atom. The van der Waals surface area contributed by atoms with Gasteiger partial charge in [-0.15, -0.1) is 0 Å². The van der Waals surface area contributed by atoms with E-state index in [1.807, 2.05) is 19.9 Å². The van der Waals surface area contributed by atoms with Crippen LogP contribution >= 0.6 is 0 Å². The first-order chi connectivity index (χ1) is 9.51. The van der Waals surface area contributed by atoms with E-state index in [4.69, 9.17) is 10.5 Å². The number of nitro benzene ring substituents is 1. The lowest BCUT2D eigenvalue weighted by atomic mass is 10.0. The molecule has 1 fully saturated rings. The fourth-order valence-electron chi connectivity index (χ4n) is 2.81. The minimum absolute atomic E-state index is 0.0105. The maximum absolute atomic E-state index is 10.9. The molecular weight excluding hydrogens is 258 g/mol. The van der Waals surface area contributed by atoms with E-state index in [2.05, 4.69) is 4.90 Å². The zero-order valence-electron chi connectivity index (χ0n) is 11.9. The van der Waals surface area contributed by atoms with Crippen LogP contribution in [0, 0.1) is 10.1 Å². The van der Waals surface area contributed by atoms with E-state index in [1.165, 1.54) is 6.07 Å². The van der Waals surface area contributed by atoms with Crippen molar-refractivity contribution in [2.24, 2.45) is 5.73 Å². The third-order valence-corrected chi connectivity index (χ3v) is 3.58. The van der Waals surface area contributed by atoms with Gasteiger partial charge in [-0.25, -0.2) is 0 Å². The average Bonchev–Trinajstić information content (AvgIpc) is 2.39. The first kappa shape index (κ1) is 14.9. The minimum Gasteiger partial charge on any atom is -0.373 e. The van der Waals surface area contributed by atoms with Crippen molar-refractivity contribution in [1.82, 2.24) is 4.90 Å². The number of non-ortho nitro benzene ring substituents is 1. The maximum Gasteiger partial charge on any atom is 0.269 e. The summed E-state index contributed by atoms with van der Waals surface area (Å²) in [5.74, 6) is 0. The van der Waals surface area contributed by atoms with E-state index in [1.54, 1.807) is 12.1 Å². The third kappa shape index (κ3) is 3.33. The molecule has 0 bridgehead atoms. The summed E-state index contributed by atoms with van der Waals surface area (Å²) in [6.45, 7) is 6.07. The molecule has 1 saturated heterocycles. The lowest BCUT2D eigenvalue weighted by Gasteiger charge is -2.40. The van der Waals surface area contributed by atoms with Gasteiger partial charge in [0.1, 0.15) is 0 Å². The molecule has 1 aromatic carbocycles. The lowest BCUT2D eigenvalue weighted by Crippen LogP contribution is -2.48. The molecule has 0 aliphatic carbocycles. The van der Waals surface area contributed by atoms with E-state index in [9.17, 15) is 10.1 Å². The summed E-state index contributed by atoms with van der Waals surface area (Å²) in [6.07, 6.45) is 0.290. The number of morpholine rings is 1. The average molecular weight is 279 g/mol. The number of hydrogen-bond acceptors (Lipinski definition) is 5. The van der Waals surface area contributed by atoms with Crippen molar-refractivity contribution in [3.8, 4) is 0 Å². The molecule has 1 aromatic rings. The number of nitrogens with zero attached hydrogens (tertiary/aromatic N) is 2. The van der Waals surface area contributed by atoms with Gasteiger partial charge in [0.05, 0.1) is 17.1 Å². The second-order valence-electron chi connectivity index (χ2n) is 5.31. The molecule has 0 saturated carbocycles. The van der Waals surface area contributed by atoms with Crippen LogP contribution in [0.5, 0.6) is 0 Å². The van der Waals surface area contributed by atoms with E-state index >= 15 is 0 Å². The molecule has 20 heavy (non-hydrogen) atoms. The summed E-state index contributed by atoms with van der Waals surface area (Å²) in [5.41, 5.74) is 6.90. The summed E-state index contributed by atoms with van der Waals surface area (Å²) >= 11 is 0. The van der Waals surface area contributed by atoms with Gasteiger partial charge in [-0.05, 0) is 19.4 Å². The van der Waals surface area contributed by atoms with Crippen molar-refractivity contribution >= 4 is 5.69 Å². The van der Waals surface area contributed by atoms with Crippen molar-refractivity contribution < 1.29 is 9.66 Å². The minimum atomic E-state index is -0.373. The van der Waals surface area contributed by atoms with Gasteiger partial charge in [0.15, 0.2) is 0 Å². The summed E-state index contributed by atoms with van der Waals surface area (Å²) in [7, 11) is 0. The normalized spacial score (nSPS) is 25.4. The highest BCUT2D eigenvalue weighted by Gasteiger charge is 2.28. The van der Waals surface area contributed by atoms with Gasteiger partial charge >= 0.3 is 0 Å². The van der Waals surface area contributed by atoms with Crippen LogP contribution < -0.4 is 5.73 Å². The molecule has 0 radical (unpaired) electrons. The number of hydrogen-bond donors (Lipinski definition) is 1. The molecule has 1 aliphatic heterocycles. The monoisotopic (exact) mass is 279 g/mol. The molecule has 6 nitrogen and oxygen atoms in total. The molecular formula is C14H21N3O3. The molecule has 3 unspecified atom stereocenters. The zero-order valence-corrected chi connectivity index (χ0v) is 11.9. The Bertz CT molecular complexity index is 470. The largest absolute Gasteiger partial charge is 0.373 e. The second kappa shape index (κ2) is 6.30. The Labute approximate surface area is 118 Å². The molecule has 3 atom stereocenters. The first-order valence-electron chi connectivity index (χ1n) is 6.85. The topological polar surface area (TPSA) is 81.6 Å². The van der Waals surface area contributed by atoms with Gasteiger partial charge in [-0.1, -0.05) is 12.1 Å². The van der Waals surface area contributed by atoms with Crippen LogP contribution in [0.4, 0.5) is 5.69 Å². The van der Waals surface area contributed by atoms with E-state index in [0.29, 0.717) is 6.54 Å². The van der Waals surface area contributed by atoms with Gasteiger partial charge in [-0.3, -0.25) is 15.0 Å². The summed E-state index contributed by atoms with van der Waals surface area (Å²) in [6, 6.07) is 6.71. The molecule has 2 N–H and O–H groups in total. The van der Waals surface area contributed by atoms with Gasteiger partial charge in [0.25, 0.3) is 5.69 Å². The highest BCUT2D eigenvalue weighted by atomic mass is 16.6. The number of rotatable bonds is 4. The molecule has 6 heteroatoms. The summed E-state index contributed by atoms with van der Waals surface area (Å²) < 4.78 is 5.72. The number of nitro groups is 1. The van der Waals surface area contributed by atoms with Crippen molar-refractivity contribution in [3.05, 3.63) is 39.9 Å². The Morgan fingerprint density at radius 1 is 1.45 bits per heavy atom. The van der Waals surface area contributed by atoms with Gasteiger partial charge in [-0.2, -0.15) is 0 Å². The predicted octanol–water partition coefficient (Wildman–Crippen LogP) is 1.70. The van der Waals surface area contributed by atoms with Gasteiger partial charge in [0.2, 0.25) is 0 Å².